The maximum absolute atomic E-state index is 14.0. The summed E-state index contributed by atoms with van der Waals surface area (Å²) in [6.45, 7) is 5.29. The van der Waals surface area contributed by atoms with E-state index in [4.69, 9.17) is 9.47 Å². The molecule has 0 saturated carbocycles. The van der Waals surface area contributed by atoms with Crippen LogP contribution in [0.2, 0.25) is 0 Å². The van der Waals surface area contributed by atoms with E-state index in [1.807, 2.05) is 30.3 Å². The number of hydrogen-bond acceptors (Lipinski definition) is 9. The van der Waals surface area contributed by atoms with Gasteiger partial charge in [0.1, 0.15) is 23.1 Å². The highest BCUT2D eigenvalue weighted by atomic mass is 16.5. The van der Waals surface area contributed by atoms with Crippen molar-refractivity contribution in [3.05, 3.63) is 105 Å². The van der Waals surface area contributed by atoms with E-state index < -0.39 is 11.6 Å². The third-order valence-electron chi connectivity index (χ3n) is 10.8. The number of aromatic nitrogens is 1. The summed E-state index contributed by atoms with van der Waals surface area (Å²) in [7, 11) is 0. The van der Waals surface area contributed by atoms with Gasteiger partial charge in [-0.3, -0.25) is 15.0 Å². The summed E-state index contributed by atoms with van der Waals surface area (Å²) < 4.78 is 12.4. The molecule has 4 aliphatic rings. The van der Waals surface area contributed by atoms with Crippen LogP contribution in [0.4, 0.5) is 0 Å². The van der Waals surface area contributed by atoms with E-state index in [0.29, 0.717) is 48.5 Å². The van der Waals surface area contributed by atoms with Crippen molar-refractivity contribution in [1.82, 2.24) is 20.5 Å². The molecular weight excluding hydrogens is 632 g/mol. The topological polar surface area (TPSA) is 136 Å². The molecule has 10 heteroatoms. The lowest BCUT2D eigenvalue weighted by Gasteiger charge is -2.45. The summed E-state index contributed by atoms with van der Waals surface area (Å²) in [6, 6.07) is 22.5. The Bertz CT molecular complexity index is 1850. The van der Waals surface area contributed by atoms with Crippen molar-refractivity contribution in [1.29, 1.82) is 0 Å². The predicted molar refractivity (Wildman–Crippen MR) is 192 cm³/mol. The van der Waals surface area contributed by atoms with E-state index in [9.17, 15) is 19.8 Å². The SMILES string of the molecule is O=C(OC1CN2CCC1CC2)[C@@]1(NCc2cccc(OCCCCCNCC(O)c3ccc(O)c4[nH]c(=O)ccc34)c2)CCc2ccccc21. The summed E-state index contributed by atoms with van der Waals surface area (Å²) in [6.07, 6.45) is 5.73. The predicted octanol–water partition coefficient (Wildman–Crippen LogP) is 4.67. The number of benzene rings is 3. The number of nitrogens with zero attached hydrogens (tertiary/aromatic N) is 1. The first-order valence-corrected chi connectivity index (χ1v) is 18.1. The molecule has 3 fully saturated rings. The molecule has 2 unspecified atom stereocenters. The molecule has 1 aromatic heterocycles. The normalized spacial score (nSPS) is 23.1. The highest BCUT2D eigenvalue weighted by Gasteiger charge is 2.48. The zero-order chi connectivity index (χ0) is 34.5. The number of esters is 1. The summed E-state index contributed by atoms with van der Waals surface area (Å²) in [5.74, 6) is 1.10. The molecule has 3 aromatic carbocycles. The quantitative estimate of drug-likeness (QED) is 0.0897. The number of unbranched alkanes of at least 4 members (excludes halogenated alkanes) is 2. The molecule has 3 saturated heterocycles. The van der Waals surface area contributed by atoms with Crippen molar-refractivity contribution in [2.24, 2.45) is 5.92 Å². The first kappa shape index (κ1) is 34.2. The van der Waals surface area contributed by atoms with E-state index in [1.165, 1.54) is 17.7 Å². The molecule has 1 aliphatic carbocycles. The Labute approximate surface area is 292 Å². The van der Waals surface area contributed by atoms with E-state index in [2.05, 4.69) is 38.7 Å². The van der Waals surface area contributed by atoms with Gasteiger partial charge >= 0.3 is 5.97 Å². The molecule has 5 N–H and O–H groups in total. The van der Waals surface area contributed by atoms with Gasteiger partial charge in [0.25, 0.3) is 0 Å². The van der Waals surface area contributed by atoms with Crippen LogP contribution in [0.5, 0.6) is 11.5 Å². The average molecular weight is 681 g/mol. The number of aryl methyl sites for hydroxylation is 1. The van der Waals surface area contributed by atoms with Crippen LogP contribution in [0, 0.1) is 5.92 Å². The fourth-order valence-electron chi connectivity index (χ4n) is 7.98. The molecule has 50 heavy (non-hydrogen) atoms. The fraction of sp³-hybridized carbons (Fsp3) is 0.450. The molecule has 3 aliphatic heterocycles. The number of carbonyl (C=O) groups is 1. The number of phenols is 1. The monoisotopic (exact) mass is 680 g/mol. The lowest BCUT2D eigenvalue weighted by Crippen LogP contribution is -2.55. The highest BCUT2D eigenvalue weighted by molar-refractivity contribution is 5.87. The van der Waals surface area contributed by atoms with Gasteiger partial charge in [-0.15, -0.1) is 0 Å². The van der Waals surface area contributed by atoms with Crippen LogP contribution in [0.25, 0.3) is 10.9 Å². The summed E-state index contributed by atoms with van der Waals surface area (Å²) in [4.78, 5) is 30.8. The summed E-state index contributed by atoms with van der Waals surface area (Å²) in [5.41, 5.74) is 3.12. The number of aromatic hydroxyl groups is 1. The first-order valence-electron chi connectivity index (χ1n) is 18.1. The molecular formula is C40H48N4O6. The fourth-order valence-corrected chi connectivity index (χ4v) is 7.98. The number of hydrogen-bond donors (Lipinski definition) is 5. The molecule has 4 aromatic rings. The van der Waals surface area contributed by atoms with Gasteiger partial charge in [-0.05, 0) is 117 Å². The number of rotatable bonds is 15. The number of aromatic amines is 1. The lowest BCUT2D eigenvalue weighted by atomic mass is 9.85. The zero-order valence-electron chi connectivity index (χ0n) is 28.5. The van der Waals surface area contributed by atoms with Crippen molar-refractivity contribution in [3.8, 4) is 11.5 Å². The Morgan fingerprint density at radius 1 is 1.02 bits per heavy atom. The number of phenolic OH excluding ortho intramolecular Hbond substituents is 1. The smallest absolute Gasteiger partial charge is 0.331 e. The van der Waals surface area contributed by atoms with Crippen LogP contribution in [-0.4, -0.2) is 71.5 Å². The van der Waals surface area contributed by atoms with Crippen LogP contribution >= 0.6 is 0 Å². The number of pyridine rings is 1. The van der Waals surface area contributed by atoms with Crippen LogP contribution in [0.3, 0.4) is 0 Å². The van der Waals surface area contributed by atoms with Crippen molar-refractivity contribution < 1.29 is 24.5 Å². The third kappa shape index (κ3) is 7.44. The van der Waals surface area contributed by atoms with E-state index in [0.717, 1.165) is 81.6 Å². The standard InChI is InChI=1S/C40H48N4O6/c45-34-13-11-31(32-12-14-37(47)43-38(32)34)35(46)25-41-19-4-1-5-22-49-30-9-6-7-27(23-30)24-42-40(18-15-28-8-2-3-10-33(28)40)39(48)50-36-26-44-20-16-29(36)17-21-44/h2-3,6-14,23,29,35-36,41-42,45-46H,1,4-5,15-22,24-26H2,(H,43,47)/t35?,36?,40-/m1/s1. The summed E-state index contributed by atoms with van der Waals surface area (Å²) in [5, 5.41) is 28.4. The van der Waals surface area contributed by atoms with Crippen molar-refractivity contribution >= 4 is 16.9 Å². The number of carbonyl (C=O) groups excluding carboxylic acids is 1. The van der Waals surface area contributed by atoms with Crippen molar-refractivity contribution in [3.63, 3.8) is 0 Å². The summed E-state index contributed by atoms with van der Waals surface area (Å²) >= 11 is 0. The van der Waals surface area contributed by atoms with Gasteiger partial charge in [-0.2, -0.15) is 0 Å². The molecule has 10 nitrogen and oxygen atoms in total. The second-order valence-corrected chi connectivity index (χ2v) is 14.1. The molecule has 264 valence electrons. The number of fused-ring (bicyclic) bond motifs is 5. The van der Waals surface area contributed by atoms with Crippen LogP contribution in [0.15, 0.2) is 77.6 Å². The van der Waals surface area contributed by atoms with Crippen LogP contribution in [0.1, 0.15) is 66.9 Å². The molecule has 4 heterocycles. The van der Waals surface area contributed by atoms with Gasteiger partial charge in [-0.25, -0.2) is 4.79 Å². The highest BCUT2D eigenvalue weighted by Crippen LogP contribution is 2.40. The molecule has 3 atom stereocenters. The largest absolute Gasteiger partial charge is 0.506 e. The molecule has 2 bridgehead atoms. The van der Waals surface area contributed by atoms with E-state index in [1.54, 1.807) is 12.1 Å². The van der Waals surface area contributed by atoms with E-state index in [-0.39, 0.29) is 23.4 Å². The lowest BCUT2D eigenvalue weighted by molar-refractivity contribution is -0.167. The van der Waals surface area contributed by atoms with E-state index >= 15 is 0 Å². The van der Waals surface area contributed by atoms with Gasteiger partial charge in [0, 0.05) is 31.1 Å². The maximum Gasteiger partial charge on any atom is 0.331 e. The number of aliphatic hydroxyl groups is 1. The minimum Gasteiger partial charge on any atom is -0.506 e. The average Bonchev–Trinajstić information content (AvgIpc) is 3.52. The second-order valence-electron chi connectivity index (χ2n) is 14.1. The number of nitrogens with one attached hydrogen (secondary N) is 3. The van der Waals surface area contributed by atoms with Gasteiger partial charge in [-0.1, -0.05) is 42.5 Å². The second kappa shape index (κ2) is 15.3. The molecule has 0 spiro atoms. The van der Waals surface area contributed by atoms with Gasteiger partial charge in [0.15, 0.2) is 0 Å². The number of ether oxygens (including phenoxy) is 2. The number of piperidine rings is 3. The maximum atomic E-state index is 14.0. The van der Waals surface area contributed by atoms with Gasteiger partial charge in [0.2, 0.25) is 5.56 Å². The minimum absolute atomic E-state index is 0.0208. The van der Waals surface area contributed by atoms with Gasteiger partial charge < -0.3 is 30.0 Å². The molecule has 0 radical (unpaired) electrons. The Hall–Kier alpha value is -4.22. The van der Waals surface area contributed by atoms with Crippen molar-refractivity contribution in [2.45, 2.75) is 69.2 Å². The minimum atomic E-state index is -0.859. The molecule has 8 rings (SSSR count). The molecule has 0 amide bonds. The number of aliphatic hydroxyl groups excluding tert-OH is 1. The Morgan fingerprint density at radius 2 is 1.88 bits per heavy atom. The Balaban J connectivity index is 0.866. The van der Waals surface area contributed by atoms with Crippen LogP contribution in [-0.2, 0) is 28.0 Å². The van der Waals surface area contributed by atoms with Crippen molar-refractivity contribution in [2.75, 3.05) is 39.3 Å². The number of H-pyrrole nitrogens is 1. The zero-order valence-corrected chi connectivity index (χ0v) is 28.5. The first-order chi connectivity index (χ1) is 24.4. The third-order valence-corrected chi connectivity index (χ3v) is 10.8. The van der Waals surface area contributed by atoms with Crippen LogP contribution < -0.4 is 20.9 Å². The Kier molecular flexibility index (Phi) is 10.5. The Morgan fingerprint density at radius 3 is 2.72 bits per heavy atom. The van der Waals surface area contributed by atoms with Gasteiger partial charge in [0.05, 0.1) is 18.2 Å².